The van der Waals surface area contributed by atoms with E-state index in [1.807, 2.05) is 11.8 Å². The fraction of sp³-hybridized carbons (Fsp3) is 1.00. The predicted molar refractivity (Wildman–Crippen MR) is 56.5 cm³/mol. The molecule has 3 heteroatoms. The van der Waals surface area contributed by atoms with E-state index in [4.69, 9.17) is 0 Å². The van der Waals surface area contributed by atoms with E-state index >= 15 is 0 Å². The first-order valence-electron chi connectivity index (χ1n) is 4.05. The van der Waals surface area contributed by atoms with Crippen molar-refractivity contribution < 1.29 is 0 Å². The van der Waals surface area contributed by atoms with Gasteiger partial charge in [-0.25, -0.2) is 0 Å². The van der Waals surface area contributed by atoms with E-state index in [0.29, 0.717) is 4.87 Å². The second-order valence-electron chi connectivity index (χ2n) is 3.28. The van der Waals surface area contributed by atoms with Crippen LogP contribution in [0.1, 0.15) is 13.8 Å². The van der Waals surface area contributed by atoms with Gasteiger partial charge in [-0.1, -0.05) is 0 Å². The van der Waals surface area contributed by atoms with Crippen molar-refractivity contribution in [1.29, 1.82) is 0 Å². The van der Waals surface area contributed by atoms with Crippen LogP contribution in [0.15, 0.2) is 0 Å². The van der Waals surface area contributed by atoms with Crippen LogP contribution in [-0.2, 0) is 0 Å². The molecule has 11 heavy (non-hydrogen) atoms. The highest BCUT2D eigenvalue weighted by Crippen LogP contribution is 2.34. The van der Waals surface area contributed by atoms with Crippen molar-refractivity contribution >= 4 is 23.5 Å². The van der Waals surface area contributed by atoms with Crippen molar-refractivity contribution in [2.75, 3.05) is 30.9 Å². The zero-order chi connectivity index (χ0) is 8.32. The maximum Gasteiger partial charge on any atom is 0.0614 e. The lowest BCUT2D eigenvalue weighted by atomic mass is 10.3. The Morgan fingerprint density at radius 1 is 1.55 bits per heavy atom. The van der Waals surface area contributed by atoms with Crippen LogP contribution in [0.3, 0.4) is 0 Å². The van der Waals surface area contributed by atoms with Gasteiger partial charge in [-0.2, -0.15) is 11.8 Å². The lowest BCUT2D eigenvalue weighted by Gasteiger charge is -2.29. The molecule has 0 unspecified atom stereocenters. The molecule has 0 radical (unpaired) electrons. The van der Waals surface area contributed by atoms with Crippen LogP contribution in [-0.4, -0.2) is 40.6 Å². The molecule has 1 nitrogen and oxygen atoms in total. The lowest BCUT2D eigenvalue weighted by molar-refractivity contribution is 0.239. The first-order valence-corrected chi connectivity index (χ1v) is 6.43. The average molecular weight is 191 g/mol. The molecule has 1 rings (SSSR count). The fourth-order valence-corrected chi connectivity index (χ4v) is 2.93. The van der Waals surface area contributed by atoms with Crippen molar-refractivity contribution in [2.45, 2.75) is 18.7 Å². The largest absolute Gasteiger partial charge is 0.288 e. The summed E-state index contributed by atoms with van der Waals surface area (Å²) in [7, 11) is 0. The van der Waals surface area contributed by atoms with Gasteiger partial charge in [-0.3, -0.25) is 4.90 Å². The number of hydrogen-bond acceptors (Lipinski definition) is 3. The zero-order valence-electron chi connectivity index (χ0n) is 7.59. The third-order valence-electron chi connectivity index (χ3n) is 2.14. The van der Waals surface area contributed by atoms with Crippen LogP contribution in [0.4, 0.5) is 0 Å². The van der Waals surface area contributed by atoms with Crippen molar-refractivity contribution in [3.05, 3.63) is 0 Å². The molecule has 0 saturated carbocycles. The van der Waals surface area contributed by atoms with Crippen LogP contribution in [0.5, 0.6) is 0 Å². The topological polar surface area (TPSA) is 3.24 Å². The van der Waals surface area contributed by atoms with Crippen LogP contribution in [0.25, 0.3) is 0 Å². The summed E-state index contributed by atoms with van der Waals surface area (Å²) < 4.78 is 0. The first kappa shape index (κ1) is 9.75. The van der Waals surface area contributed by atoms with Gasteiger partial charge in [0.25, 0.3) is 0 Å². The Morgan fingerprint density at radius 3 is 2.73 bits per heavy atom. The molecule has 1 fully saturated rings. The summed E-state index contributed by atoms with van der Waals surface area (Å²) in [6, 6.07) is 0. The van der Waals surface area contributed by atoms with Gasteiger partial charge < -0.3 is 0 Å². The molecule has 0 bridgehead atoms. The van der Waals surface area contributed by atoms with Gasteiger partial charge in [0.2, 0.25) is 0 Å². The van der Waals surface area contributed by atoms with Gasteiger partial charge in [0.1, 0.15) is 0 Å². The minimum atomic E-state index is 0.399. The Morgan fingerprint density at radius 2 is 2.27 bits per heavy atom. The van der Waals surface area contributed by atoms with E-state index in [-0.39, 0.29) is 0 Å². The molecule has 66 valence electrons. The van der Waals surface area contributed by atoms with Crippen molar-refractivity contribution in [1.82, 2.24) is 4.90 Å². The smallest absolute Gasteiger partial charge is 0.0614 e. The molecule has 1 aliphatic heterocycles. The van der Waals surface area contributed by atoms with Gasteiger partial charge in [-0.05, 0) is 20.1 Å². The van der Waals surface area contributed by atoms with E-state index in [0.717, 1.165) is 0 Å². The summed E-state index contributed by atoms with van der Waals surface area (Å²) in [5.41, 5.74) is 0. The van der Waals surface area contributed by atoms with Crippen molar-refractivity contribution in [3.63, 3.8) is 0 Å². The highest BCUT2D eigenvalue weighted by Gasteiger charge is 2.31. The molecular weight excluding hydrogens is 174 g/mol. The number of rotatable bonds is 3. The van der Waals surface area contributed by atoms with E-state index in [1.54, 1.807) is 0 Å². The summed E-state index contributed by atoms with van der Waals surface area (Å²) in [5.74, 6) is 2.57. The molecule has 0 aromatic heterocycles. The molecule has 0 aromatic carbocycles. The summed E-state index contributed by atoms with van der Waals surface area (Å²) in [5, 5.41) is 0. The average Bonchev–Trinajstić information content (AvgIpc) is 2.25. The van der Waals surface area contributed by atoms with E-state index in [9.17, 15) is 0 Å². The number of hydrogen-bond donors (Lipinski definition) is 0. The Hall–Kier alpha value is 0.660. The Balaban J connectivity index is 2.32. The minimum Gasteiger partial charge on any atom is -0.288 e. The molecule has 0 N–H and O–H groups in total. The van der Waals surface area contributed by atoms with Crippen molar-refractivity contribution in [2.24, 2.45) is 0 Å². The van der Waals surface area contributed by atoms with E-state index < -0.39 is 0 Å². The van der Waals surface area contributed by atoms with Gasteiger partial charge in [-0.15, -0.1) is 11.8 Å². The van der Waals surface area contributed by atoms with Gasteiger partial charge in [0.05, 0.1) is 4.87 Å². The summed E-state index contributed by atoms with van der Waals surface area (Å²) >= 11 is 4.01. The minimum absolute atomic E-state index is 0.399. The first-order chi connectivity index (χ1) is 5.17. The maximum atomic E-state index is 2.58. The molecule has 1 saturated heterocycles. The van der Waals surface area contributed by atoms with Crippen molar-refractivity contribution in [3.8, 4) is 0 Å². The van der Waals surface area contributed by atoms with Crippen LogP contribution < -0.4 is 0 Å². The lowest BCUT2D eigenvalue weighted by Crippen LogP contribution is -2.37. The zero-order valence-corrected chi connectivity index (χ0v) is 9.23. The molecule has 1 aliphatic rings. The highest BCUT2D eigenvalue weighted by molar-refractivity contribution is 8.00. The van der Waals surface area contributed by atoms with Crippen LogP contribution >= 0.6 is 23.5 Å². The standard InChI is InChI=1S/C8H17NS2/c1-8(2)9(4-6-10-3)5-7-11-8/h4-7H2,1-3H3. The van der Waals surface area contributed by atoms with Crippen LogP contribution in [0, 0.1) is 0 Å². The second-order valence-corrected chi connectivity index (χ2v) is 5.96. The summed E-state index contributed by atoms with van der Waals surface area (Å²) in [6.07, 6.45) is 2.18. The molecule has 0 aromatic rings. The second kappa shape index (κ2) is 4.06. The molecule has 0 amide bonds. The van der Waals surface area contributed by atoms with E-state index in [2.05, 4.69) is 36.8 Å². The molecule has 1 heterocycles. The SMILES string of the molecule is CSCCN1CCSC1(C)C. The molecule has 0 aliphatic carbocycles. The Bertz CT molecular complexity index is 125. The Labute approximate surface area is 78.3 Å². The highest BCUT2D eigenvalue weighted by atomic mass is 32.2. The maximum absolute atomic E-state index is 2.58. The monoisotopic (exact) mass is 191 g/mol. The fourth-order valence-electron chi connectivity index (χ4n) is 1.35. The van der Waals surface area contributed by atoms with Crippen LogP contribution in [0.2, 0.25) is 0 Å². The summed E-state index contributed by atoms with van der Waals surface area (Å²) in [4.78, 5) is 2.98. The van der Waals surface area contributed by atoms with Gasteiger partial charge in [0.15, 0.2) is 0 Å². The Kier molecular flexibility index (Phi) is 3.59. The molecule has 0 spiro atoms. The summed E-state index contributed by atoms with van der Waals surface area (Å²) in [6.45, 7) is 7.18. The molecular formula is C8H17NS2. The normalized spacial score (nSPS) is 24.3. The number of nitrogens with zero attached hydrogens (tertiary/aromatic N) is 1. The number of thioether (sulfide) groups is 2. The third kappa shape index (κ3) is 2.56. The third-order valence-corrected chi connectivity index (χ3v) is 4.09. The van der Waals surface area contributed by atoms with E-state index in [1.165, 1.54) is 24.6 Å². The predicted octanol–water partition coefficient (Wildman–Crippen LogP) is 2.13. The van der Waals surface area contributed by atoms with Gasteiger partial charge >= 0.3 is 0 Å². The molecule has 0 atom stereocenters. The quantitative estimate of drug-likeness (QED) is 0.673. The van der Waals surface area contributed by atoms with Gasteiger partial charge in [0, 0.05) is 24.6 Å².